The van der Waals surface area contributed by atoms with Crippen molar-refractivity contribution >= 4 is 35.9 Å². The SMILES string of the molecule is OB(O)c1ccc(CSc2ncns2)cc1. The second-order valence-corrected chi connectivity index (χ2v) is 5.11. The lowest BCUT2D eigenvalue weighted by atomic mass is 9.80. The topological polar surface area (TPSA) is 66.2 Å². The fourth-order valence-corrected chi connectivity index (χ4v) is 2.56. The number of rotatable bonds is 4. The van der Waals surface area contributed by atoms with Gasteiger partial charge in [0.15, 0.2) is 4.34 Å². The highest BCUT2D eigenvalue weighted by Gasteiger charge is 2.09. The van der Waals surface area contributed by atoms with E-state index in [2.05, 4.69) is 9.36 Å². The van der Waals surface area contributed by atoms with E-state index in [0.717, 1.165) is 15.7 Å². The molecular formula is C9H9BN2O2S2. The molecular weight excluding hydrogens is 243 g/mol. The second-order valence-electron chi connectivity index (χ2n) is 3.11. The smallest absolute Gasteiger partial charge is 0.423 e. The van der Waals surface area contributed by atoms with Gasteiger partial charge in [-0.3, -0.25) is 0 Å². The van der Waals surface area contributed by atoms with Crippen molar-refractivity contribution in [1.82, 2.24) is 9.36 Å². The number of hydrogen-bond donors (Lipinski definition) is 2. The van der Waals surface area contributed by atoms with Crippen LogP contribution in [0, 0.1) is 0 Å². The van der Waals surface area contributed by atoms with Gasteiger partial charge in [0.05, 0.1) is 0 Å². The lowest BCUT2D eigenvalue weighted by molar-refractivity contribution is 0.426. The highest BCUT2D eigenvalue weighted by atomic mass is 32.2. The van der Waals surface area contributed by atoms with Crippen molar-refractivity contribution in [2.45, 2.75) is 10.1 Å². The minimum atomic E-state index is -1.40. The molecule has 0 bridgehead atoms. The molecule has 2 rings (SSSR count). The van der Waals surface area contributed by atoms with Crippen LogP contribution in [0.15, 0.2) is 34.9 Å². The average molecular weight is 252 g/mol. The van der Waals surface area contributed by atoms with E-state index in [-0.39, 0.29) is 0 Å². The molecule has 0 radical (unpaired) electrons. The number of aromatic nitrogens is 2. The Bertz CT molecular complexity index is 433. The summed E-state index contributed by atoms with van der Waals surface area (Å²) in [5, 5.41) is 17.9. The lowest BCUT2D eigenvalue weighted by Gasteiger charge is -2.01. The van der Waals surface area contributed by atoms with Crippen molar-refractivity contribution in [2.75, 3.05) is 0 Å². The molecule has 0 saturated carbocycles. The summed E-state index contributed by atoms with van der Waals surface area (Å²) in [7, 11) is -1.40. The first-order valence-electron chi connectivity index (χ1n) is 4.60. The van der Waals surface area contributed by atoms with Crippen LogP contribution in [0.25, 0.3) is 0 Å². The van der Waals surface area contributed by atoms with E-state index < -0.39 is 7.12 Å². The second kappa shape index (κ2) is 5.45. The van der Waals surface area contributed by atoms with Gasteiger partial charge in [0.1, 0.15) is 6.33 Å². The van der Waals surface area contributed by atoms with E-state index in [9.17, 15) is 0 Å². The molecule has 0 unspecified atom stereocenters. The molecule has 1 aromatic carbocycles. The van der Waals surface area contributed by atoms with Crippen molar-refractivity contribution in [3.8, 4) is 0 Å². The molecule has 2 aromatic rings. The first-order valence-corrected chi connectivity index (χ1v) is 6.36. The Hall–Kier alpha value is -0.885. The third-order valence-corrected chi connectivity index (χ3v) is 3.85. The summed E-state index contributed by atoms with van der Waals surface area (Å²) >= 11 is 2.99. The van der Waals surface area contributed by atoms with Crippen LogP contribution in [0.3, 0.4) is 0 Å². The molecule has 1 heterocycles. The maximum atomic E-state index is 8.93. The molecule has 7 heteroatoms. The first-order chi connectivity index (χ1) is 7.75. The summed E-state index contributed by atoms with van der Waals surface area (Å²) in [5.41, 5.74) is 1.62. The summed E-state index contributed by atoms with van der Waals surface area (Å²) in [5.74, 6) is 0.803. The van der Waals surface area contributed by atoms with Gasteiger partial charge in [0.25, 0.3) is 0 Å². The van der Waals surface area contributed by atoms with Crippen LogP contribution in [0.1, 0.15) is 5.56 Å². The van der Waals surface area contributed by atoms with Gasteiger partial charge >= 0.3 is 7.12 Å². The molecule has 0 spiro atoms. The predicted octanol–water partition coefficient (Wildman–Crippen LogP) is 0.510. The Morgan fingerprint density at radius 3 is 2.56 bits per heavy atom. The minimum absolute atomic E-state index is 0.504. The van der Waals surface area contributed by atoms with E-state index >= 15 is 0 Å². The minimum Gasteiger partial charge on any atom is -0.423 e. The van der Waals surface area contributed by atoms with Crippen molar-refractivity contribution in [3.05, 3.63) is 36.2 Å². The molecule has 82 valence electrons. The van der Waals surface area contributed by atoms with Crippen molar-refractivity contribution in [2.24, 2.45) is 0 Å². The molecule has 0 atom stereocenters. The third-order valence-electron chi connectivity index (χ3n) is 1.98. The van der Waals surface area contributed by atoms with Gasteiger partial charge in [-0.2, -0.15) is 4.37 Å². The van der Waals surface area contributed by atoms with E-state index in [4.69, 9.17) is 10.0 Å². The Balaban J connectivity index is 1.95. The van der Waals surface area contributed by atoms with Gasteiger partial charge in [-0.25, -0.2) is 4.98 Å². The van der Waals surface area contributed by atoms with Gasteiger partial charge in [-0.15, -0.1) is 0 Å². The van der Waals surface area contributed by atoms with Crippen molar-refractivity contribution in [1.29, 1.82) is 0 Å². The van der Waals surface area contributed by atoms with Gasteiger partial charge in [0.2, 0.25) is 0 Å². The number of benzene rings is 1. The number of nitrogens with zero attached hydrogens (tertiary/aromatic N) is 2. The van der Waals surface area contributed by atoms with Gasteiger partial charge in [-0.1, -0.05) is 36.0 Å². The molecule has 4 nitrogen and oxygen atoms in total. The molecule has 0 aliphatic heterocycles. The largest absolute Gasteiger partial charge is 0.488 e. The van der Waals surface area contributed by atoms with Crippen molar-refractivity contribution < 1.29 is 10.0 Å². The summed E-state index contributed by atoms with van der Waals surface area (Å²) in [6.07, 6.45) is 1.54. The van der Waals surface area contributed by atoms with E-state index in [1.807, 2.05) is 12.1 Å². The van der Waals surface area contributed by atoms with Gasteiger partial charge in [-0.05, 0) is 22.6 Å². The summed E-state index contributed by atoms with van der Waals surface area (Å²) in [6, 6.07) is 7.17. The van der Waals surface area contributed by atoms with Crippen LogP contribution in [0.2, 0.25) is 0 Å². The van der Waals surface area contributed by atoms with Gasteiger partial charge < -0.3 is 10.0 Å². The Morgan fingerprint density at radius 2 is 2.00 bits per heavy atom. The van der Waals surface area contributed by atoms with Gasteiger partial charge in [0, 0.05) is 5.75 Å². The zero-order valence-electron chi connectivity index (χ0n) is 8.28. The fraction of sp³-hybridized carbons (Fsp3) is 0.111. The predicted molar refractivity (Wildman–Crippen MR) is 65.7 cm³/mol. The molecule has 1 aromatic heterocycles. The van der Waals surface area contributed by atoms with Crippen LogP contribution in [0.5, 0.6) is 0 Å². The normalized spacial score (nSPS) is 10.4. The Labute approximate surface area is 102 Å². The number of hydrogen-bond acceptors (Lipinski definition) is 6. The average Bonchev–Trinajstić information content (AvgIpc) is 2.80. The Kier molecular flexibility index (Phi) is 3.95. The Morgan fingerprint density at radius 1 is 1.25 bits per heavy atom. The summed E-state index contributed by atoms with van der Waals surface area (Å²) in [6.45, 7) is 0. The van der Waals surface area contributed by atoms with E-state index in [0.29, 0.717) is 5.46 Å². The monoisotopic (exact) mass is 252 g/mol. The zero-order valence-corrected chi connectivity index (χ0v) is 9.91. The van der Waals surface area contributed by atoms with E-state index in [1.54, 1.807) is 23.9 Å². The van der Waals surface area contributed by atoms with Crippen LogP contribution < -0.4 is 5.46 Å². The van der Waals surface area contributed by atoms with Crippen LogP contribution in [-0.4, -0.2) is 26.5 Å². The zero-order chi connectivity index (χ0) is 11.4. The standard InChI is InChI=1S/C9H9BN2O2S2/c13-10(14)8-3-1-7(2-4-8)5-15-9-11-6-12-16-9/h1-4,6,13-14H,5H2. The van der Waals surface area contributed by atoms with Crippen molar-refractivity contribution in [3.63, 3.8) is 0 Å². The molecule has 0 amide bonds. The molecule has 0 fully saturated rings. The van der Waals surface area contributed by atoms with E-state index in [1.165, 1.54) is 17.9 Å². The lowest BCUT2D eigenvalue weighted by Crippen LogP contribution is -2.29. The third kappa shape index (κ3) is 3.05. The maximum absolute atomic E-state index is 8.93. The van der Waals surface area contributed by atoms with Crippen LogP contribution in [0.4, 0.5) is 0 Å². The molecule has 0 aliphatic carbocycles. The fourth-order valence-electron chi connectivity index (χ4n) is 1.16. The molecule has 0 aliphatic rings. The maximum Gasteiger partial charge on any atom is 0.488 e. The summed E-state index contributed by atoms with van der Waals surface area (Å²) < 4.78 is 4.85. The summed E-state index contributed by atoms with van der Waals surface area (Å²) in [4.78, 5) is 4.07. The quantitative estimate of drug-likeness (QED) is 0.613. The highest BCUT2D eigenvalue weighted by molar-refractivity contribution is 8.00. The molecule has 2 N–H and O–H groups in total. The highest BCUT2D eigenvalue weighted by Crippen LogP contribution is 2.22. The van der Waals surface area contributed by atoms with Crippen LogP contribution >= 0.6 is 23.3 Å². The molecule has 16 heavy (non-hydrogen) atoms. The number of thioether (sulfide) groups is 1. The first kappa shape index (κ1) is 11.6. The van der Waals surface area contributed by atoms with Crippen LogP contribution in [-0.2, 0) is 5.75 Å². The molecule has 0 saturated heterocycles.